The first-order valence-electron chi connectivity index (χ1n) is 9.87. The molecule has 0 unspecified atom stereocenters. The quantitative estimate of drug-likeness (QED) is 0.505. The van der Waals surface area contributed by atoms with E-state index in [0.717, 1.165) is 10.9 Å². The third-order valence-corrected chi connectivity index (χ3v) is 5.81. The number of rotatable bonds is 6. The van der Waals surface area contributed by atoms with E-state index in [1.165, 1.54) is 5.01 Å². The third-order valence-electron chi connectivity index (χ3n) is 5.26. The molecule has 164 valence electrons. The number of benzene rings is 2. The SMILES string of the molecule is COc1ccc2nc(Cl)c([C@@H]3CC(c4ccc(Cl)cc4)=NN3C(=O)CCC(=O)O)cc2c1. The molecule has 0 aliphatic carbocycles. The van der Waals surface area contributed by atoms with Gasteiger partial charge in [-0.15, -0.1) is 0 Å². The van der Waals surface area contributed by atoms with Gasteiger partial charge in [0.15, 0.2) is 0 Å². The fourth-order valence-corrected chi connectivity index (χ4v) is 4.03. The van der Waals surface area contributed by atoms with E-state index in [4.69, 9.17) is 33.0 Å². The van der Waals surface area contributed by atoms with Crippen LogP contribution in [-0.2, 0) is 9.59 Å². The van der Waals surface area contributed by atoms with Crippen LogP contribution >= 0.6 is 23.2 Å². The van der Waals surface area contributed by atoms with E-state index in [-0.39, 0.29) is 18.0 Å². The molecule has 1 aliphatic rings. The molecule has 0 saturated carbocycles. The predicted octanol–water partition coefficient (Wildman–Crippen LogP) is 5.09. The smallest absolute Gasteiger partial charge is 0.303 e. The zero-order valence-electron chi connectivity index (χ0n) is 17.1. The fraction of sp³-hybridized carbons (Fsp3) is 0.217. The number of carbonyl (C=O) groups is 2. The molecule has 3 aromatic rings. The molecule has 0 bridgehead atoms. The van der Waals surface area contributed by atoms with Gasteiger partial charge in [0.2, 0.25) is 5.91 Å². The lowest BCUT2D eigenvalue weighted by molar-refractivity contribution is -0.141. The van der Waals surface area contributed by atoms with Crippen LogP contribution in [0.3, 0.4) is 0 Å². The second-order valence-corrected chi connectivity index (χ2v) is 8.13. The van der Waals surface area contributed by atoms with Gasteiger partial charge in [-0.1, -0.05) is 35.3 Å². The van der Waals surface area contributed by atoms with Crippen molar-refractivity contribution >= 4 is 51.7 Å². The molecule has 2 aromatic carbocycles. The van der Waals surface area contributed by atoms with Crippen LogP contribution in [0.25, 0.3) is 10.9 Å². The van der Waals surface area contributed by atoms with Crippen molar-refractivity contribution < 1.29 is 19.4 Å². The Morgan fingerprint density at radius 3 is 2.56 bits per heavy atom. The molecule has 1 atom stereocenters. The first-order valence-corrected chi connectivity index (χ1v) is 10.6. The average molecular weight is 472 g/mol. The lowest BCUT2D eigenvalue weighted by atomic mass is 9.98. The minimum Gasteiger partial charge on any atom is -0.497 e. The number of hydrazone groups is 1. The number of hydrogen-bond donors (Lipinski definition) is 1. The van der Waals surface area contributed by atoms with Crippen molar-refractivity contribution in [2.75, 3.05) is 7.11 Å². The molecule has 2 heterocycles. The number of pyridine rings is 1. The maximum atomic E-state index is 12.9. The molecule has 0 fully saturated rings. The summed E-state index contributed by atoms with van der Waals surface area (Å²) >= 11 is 12.5. The van der Waals surface area contributed by atoms with Crippen LogP contribution in [0.5, 0.6) is 5.75 Å². The van der Waals surface area contributed by atoms with Crippen LogP contribution in [0.4, 0.5) is 0 Å². The molecule has 0 radical (unpaired) electrons. The number of nitrogens with zero attached hydrogens (tertiary/aromatic N) is 3. The summed E-state index contributed by atoms with van der Waals surface area (Å²) in [5.41, 5.74) is 2.82. The number of amides is 1. The molecule has 1 amide bonds. The number of hydrogen-bond acceptors (Lipinski definition) is 5. The Labute approximate surface area is 194 Å². The highest BCUT2D eigenvalue weighted by Gasteiger charge is 2.35. The molecule has 32 heavy (non-hydrogen) atoms. The normalized spacial score (nSPS) is 15.7. The van der Waals surface area contributed by atoms with Crippen molar-refractivity contribution in [2.45, 2.75) is 25.3 Å². The third kappa shape index (κ3) is 4.54. The van der Waals surface area contributed by atoms with Crippen molar-refractivity contribution in [3.63, 3.8) is 0 Å². The van der Waals surface area contributed by atoms with Crippen LogP contribution in [0.2, 0.25) is 10.2 Å². The molecule has 0 saturated heterocycles. The highest BCUT2D eigenvalue weighted by atomic mass is 35.5. The summed E-state index contributed by atoms with van der Waals surface area (Å²) < 4.78 is 5.30. The molecule has 7 nitrogen and oxygen atoms in total. The van der Waals surface area contributed by atoms with E-state index in [9.17, 15) is 9.59 Å². The van der Waals surface area contributed by atoms with E-state index in [1.54, 1.807) is 25.3 Å². The standard InChI is InChI=1S/C23H19Cl2N3O4/c1-32-16-6-7-18-14(10-16)11-17(23(25)26-18)20-12-19(13-2-4-15(24)5-3-13)27-28(20)21(29)8-9-22(30)31/h2-7,10-11,20H,8-9,12H2,1H3,(H,30,31)/t20-/m0/s1. The Morgan fingerprint density at radius 2 is 1.88 bits per heavy atom. The van der Waals surface area contributed by atoms with Gasteiger partial charge in [-0.2, -0.15) is 5.10 Å². The molecular weight excluding hydrogens is 453 g/mol. The Hall–Kier alpha value is -3.16. The topological polar surface area (TPSA) is 92.1 Å². The van der Waals surface area contributed by atoms with Crippen molar-refractivity contribution in [1.29, 1.82) is 0 Å². The van der Waals surface area contributed by atoms with E-state index in [0.29, 0.717) is 34.0 Å². The first kappa shape index (κ1) is 22.0. The van der Waals surface area contributed by atoms with E-state index in [1.807, 2.05) is 30.3 Å². The Balaban J connectivity index is 1.74. The number of carbonyl (C=O) groups excluding carboxylic acids is 1. The maximum absolute atomic E-state index is 12.9. The van der Waals surface area contributed by atoms with Crippen molar-refractivity contribution in [3.05, 3.63) is 69.8 Å². The second-order valence-electron chi connectivity index (χ2n) is 7.33. The fourth-order valence-electron chi connectivity index (χ4n) is 3.64. The Morgan fingerprint density at radius 1 is 1.12 bits per heavy atom. The number of carboxylic acid groups (broad SMARTS) is 1. The van der Waals surface area contributed by atoms with Gasteiger partial charge in [-0.05, 0) is 42.0 Å². The van der Waals surface area contributed by atoms with Crippen LogP contribution < -0.4 is 4.74 Å². The zero-order valence-corrected chi connectivity index (χ0v) is 18.6. The van der Waals surface area contributed by atoms with Gasteiger partial charge < -0.3 is 9.84 Å². The van der Waals surface area contributed by atoms with Crippen LogP contribution in [0, 0.1) is 0 Å². The van der Waals surface area contributed by atoms with E-state index >= 15 is 0 Å². The van der Waals surface area contributed by atoms with Gasteiger partial charge in [0, 0.05) is 28.8 Å². The summed E-state index contributed by atoms with van der Waals surface area (Å²) in [5, 5.41) is 16.5. The van der Waals surface area contributed by atoms with Gasteiger partial charge >= 0.3 is 5.97 Å². The van der Waals surface area contributed by atoms with Gasteiger partial charge in [0.05, 0.1) is 30.8 Å². The molecule has 4 rings (SSSR count). The molecule has 1 aromatic heterocycles. The van der Waals surface area contributed by atoms with Gasteiger partial charge in [0.25, 0.3) is 0 Å². The Bertz CT molecular complexity index is 1230. The summed E-state index contributed by atoms with van der Waals surface area (Å²) in [6.45, 7) is 0. The Kier molecular flexibility index (Phi) is 6.30. The largest absolute Gasteiger partial charge is 0.497 e. The molecule has 0 spiro atoms. The molecular formula is C23H19Cl2N3O4. The summed E-state index contributed by atoms with van der Waals surface area (Å²) in [4.78, 5) is 28.4. The zero-order chi connectivity index (χ0) is 22.8. The predicted molar refractivity (Wildman–Crippen MR) is 122 cm³/mol. The van der Waals surface area contributed by atoms with Crippen LogP contribution in [0.1, 0.15) is 36.4 Å². The number of fused-ring (bicyclic) bond motifs is 1. The lowest BCUT2D eigenvalue weighted by Crippen LogP contribution is -2.27. The monoisotopic (exact) mass is 471 g/mol. The molecule has 1 aliphatic heterocycles. The highest BCUT2D eigenvalue weighted by Crippen LogP contribution is 2.38. The van der Waals surface area contributed by atoms with Crippen molar-refractivity contribution in [1.82, 2.24) is 9.99 Å². The second kappa shape index (κ2) is 9.14. The van der Waals surface area contributed by atoms with Crippen LogP contribution in [0.15, 0.2) is 53.6 Å². The molecule has 9 heteroatoms. The van der Waals surface area contributed by atoms with Gasteiger partial charge in [-0.25, -0.2) is 9.99 Å². The van der Waals surface area contributed by atoms with E-state index in [2.05, 4.69) is 10.1 Å². The first-order chi connectivity index (χ1) is 15.4. The van der Waals surface area contributed by atoms with Gasteiger partial charge in [0.1, 0.15) is 10.9 Å². The lowest BCUT2D eigenvalue weighted by Gasteiger charge is -2.23. The van der Waals surface area contributed by atoms with Gasteiger partial charge in [-0.3, -0.25) is 9.59 Å². The molecule has 1 N–H and O–H groups in total. The number of methoxy groups -OCH3 is 1. The summed E-state index contributed by atoms with van der Waals surface area (Å²) in [6.07, 6.45) is -0.0538. The maximum Gasteiger partial charge on any atom is 0.303 e. The summed E-state index contributed by atoms with van der Waals surface area (Å²) in [7, 11) is 1.58. The van der Waals surface area contributed by atoms with Crippen LogP contribution in [-0.4, -0.2) is 39.8 Å². The minimum atomic E-state index is -1.05. The highest BCUT2D eigenvalue weighted by molar-refractivity contribution is 6.31. The number of ether oxygens (including phenoxy) is 1. The minimum absolute atomic E-state index is 0.171. The average Bonchev–Trinajstić information content (AvgIpc) is 3.22. The number of aliphatic carboxylic acids is 1. The summed E-state index contributed by atoms with van der Waals surface area (Å²) in [5.74, 6) is -0.775. The summed E-state index contributed by atoms with van der Waals surface area (Å²) in [6, 6.07) is 14.0. The number of carboxylic acids is 1. The number of aromatic nitrogens is 1. The van der Waals surface area contributed by atoms with Crippen molar-refractivity contribution in [3.8, 4) is 5.75 Å². The van der Waals surface area contributed by atoms with Crippen molar-refractivity contribution in [2.24, 2.45) is 5.10 Å². The van der Waals surface area contributed by atoms with E-state index < -0.39 is 17.9 Å². The number of halogens is 2.